The maximum atomic E-state index is 11.8. The Morgan fingerprint density at radius 2 is 1.82 bits per heavy atom. The van der Waals surface area contributed by atoms with Crippen LogP contribution in [0.25, 0.3) is 6.08 Å². The van der Waals surface area contributed by atoms with E-state index in [1.807, 2.05) is 30.3 Å². The van der Waals surface area contributed by atoms with Crippen molar-refractivity contribution in [1.29, 1.82) is 0 Å². The van der Waals surface area contributed by atoms with Crippen LogP contribution >= 0.6 is 0 Å². The number of sulfonamides is 1. The minimum Gasteiger partial charge on any atom is -0.352 e. The molecule has 0 spiro atoms. The molecule has 0 unspecified atom stereocenters. The second kappa shape index (κ2) is 8.10. The normalized spacial score (nSPS) is 16.7. The van der Waals surface area contributed by atoms with Crippen LogP contribution in [0.2, 0.25) is 0 Å². The molecule has 1 aliphatic rings. The smallest absolute Gasteiger partial charge is 0.235 e. The predicted octanol–water partition coefficient (Wildman–Crippen LogP) is 2.03. The Labute approximate surface area is 131 Å². The number of carbonyl (C=O) groups is 1. The van der Waals surface area contributed by atoms with E-state index in [9.17, 15) is 13.2 Å². The van der Waals surface area contributed by atoms with Crippen LogP contribution in [0, 0.1) is 0 Å². The molecule has 5 nitrogen and oxygen atoms in total. The maximum absolute atomic E-state index is 11.8. The lowest BCUT2D eigenvalue weighted by Crippen LogP contribution is -2.42. The first-order chi connectivity index (χ1) is 10.6. The molecule has 0 radical (unpaired) electrons. The number of hydrogen-bond acceptors (Lipinski definition) is 3. The first kappa shape index (κ1) is 16.7. The molecule has 0 aromatic heterocycles. The predicted molar refractivity (Wildman–Crippen MR) is 87.4 cm³/mol. The quantitative estimate of drug-likeness (QED) is 0.841. The molecule has 22 heavy (non-hydrogen) atoms. The SMILES string of the molecule is O=C(CNS(=O)(=O)/C=C/c1ccccc1)NC1CCCCC1. The molecule has 1 saturated carbocycles. The van der Waals surface area contributed by atoms with Crippen molar-refractivity contribution < 1.29 is 13.2 Å². The average Bonchev–Trinajstić information content (AvgIpc) is 2.53. The zero-order chi connectivity index (χ0) is 15.8. The number of nitrogens with one attached hydrogen (secondary N) is 2. The highest BCUT2D eigenvalue weighted by atomic mass is 32.2. The molecule has 1 fully saturated rings. The topological polar surface area (TPSA) is 75.3 Å². The molecule has 0 aliphatic heterocycles. The highest BCUT2D eigenvalue weighted by molar-refractivity contribution is 7.92. The Morgan fingerprint density at radius 1 is 1.14 bits per heavy atom. The zero-order valence-electron chi connectivity index (χ0n) is 12.5. The lowest BCUT2D eigenvalue weighted by atomic mass is 9.95. The number of amides is 1. The molecule has 0 heterocycles. The minimum atomic E-state index is -3.61. The molecule has 1 aromatic rings. The maximum Gasteiger partial charge on any atom is 0.235 e. The van der Waals surface area contributed by atoms with Gasteiger partial charge in [0.1, 0.15) is 0 Å². The molecule has 120 valence electrons. The Hall–Kier alpha value is -1.66. The van der Waals surface area contributed by atoms with E-state index in [2.05, 4.69) is 10.0 Å². The van der Waals surface area contributed by atoms with Crippen molar-refractivity contribution in [2.45, 2.75) is 38.1 Å². The largest absolute Gasteiger partial charge is 0.352 e. The number of hydrogen-bond donors (Lipinski definition) is 2. The van der Waals surface area contributed by atoms with Crippen molar-refractivity contribution in [1.82, 2.24) is 10.0 Å². The van der Waals surface area contributed by atoms with Crippen LogP contribution in [0.1, 0.15) is 37.7 Å². The fourth-order valence-corrected chi connectivity index (χ4v) is 3.24. The highest BCUT2D eigenvalue weighted by Gasteiger charge is 2.16. The number of rotatable bonds is 6. The Balaban J connectivity index is 1.79. The van der Waals surface area contributed by atoms with Crippen LogP contribution in [0.15, 0.2) is 35.7 Å². The van der Waals surface area contributed by atoms with E-state index >= 15 is 0 Å². The zero-order valence-corrected chi connectivity index (χ0v) is 13.3. The first-order valence-electron chi connectivity index (χ1n) is 7.57. The average molecular weight is 322 g/mol. The Kier molecular flexibility index (Phi) is 6.15. The molecular formula is C16H22N2O3S. The van der Waals surface area contributed by atoms with E-state index in [1.54, 1.807) is 0 Å². The summed E-state index contributed by atoms with van der Waals surface area (Å²) in [6.07, 6.45) is 6.91. The molecule has 2 N–H and O–H groups in total. The molecule has 1 aromatic carbocycles. The molecule has 0 saturated heterocycles. The van der Waals surface area contributed by atoms with Gasteiger partial charge in [0.2, 0.25) is 15.9 Å². The van der Waals surface area contributed by atoms with Crippen molar-refractivity contribution >= 4 is 22.0 Å². The van der Waals surface area contributed by atoms with Crippen LogP contribution in [0.5, 0.6) is 0 Å². The summed E-state index contributed by atoms with van der Waals surface area (Å²) < 4.78 is 25.9. The standard InChI is InChI=1S/C16H22N2O3S/c19-16(18-15-9-5-2-6-10-15)13-17-22(20,21)12-11-14-7-3-1-4-8-14/h1,3-4,7-8,11-12,15,17H,2,5-6,9-10,13H2,(H,18,19)/b12-11+. The third kappa shape index (κ3) is 5.99. The van der Waals surface area contributed by atoms with Crippen molar-refractivity contribution in [3.63, 3.8) is 0 Å². The third-order valence-corrected chi connectivity index (χ3v) is 4.68. The summed E-state index contributed by atoms with van der Waals surface area (Å²) in [6, 6.07) is 9.32. The van der Waals surface area contributed by atoms with Gasteiger partial charge in [-0.15, -0.1) is 0 Å². The Morgan fingerprint density at radius 3 is 2.50 bits per heavy atom. The number of benzene rings is 1. The summed E-state index contributed by atoms with van der Waals surface area (Å²) in [5, 5.41) is 3.95. The van der Waals surface area contributed by atoms with Crippen LogP contribution < -0.4 is 10.0 Å². The van der Waals surface area contributed by atoms with Crippen LogP contribution in [0.4, 0.5) is 0 Å². The van der Waals surface area contributed by atoms with Gasteiger partial charge in [-0.05, 0) is 24.5 Å². The molecule has 0 atom stereocenters. The van der Waals surface area contributed by atoms with Gasteiger partial charge in [0.05, 0.1) is 6.54 Å². The molecular weight excluding hydrogens is 300 g/mol. The summed E-state index contributed by atoms with van der Waals surface area (Å²) >= 11 is 0. The van der Waals surface area contributed by atoms with Gasteiger partial charge in [0.15, 0.2) is 0 Å². The van der Waals surface area contributed by atoms with Crippen molar-refractivity contribution in [2.75, 3.05) is 6.54 Å². The van der Waals surface area contributed by atoms with Crippen molar-refractivity contribution in [3.05, 3.63) is 41.3 Å². The summed E-state index contributed by atoms with van der Waals surface area (Å²) in [4.78, 5) is 11.8. The summed E-state index contributed by atoms with van der Waals surface area (Å²) in [5.74, 6) is -0.274. The van der Waals surface area contributed by atoms with E-state index in [4.69, 9.17) is 0 Å². The van der Waals surface area contributed by atoms with Gasteiger partial charge in [0, 0.05) is 11.4 Å². The summed E-state index contributed by atoms with van der Waals surface area (Å²) in [7, 11) is -3.61. The lowest BCUT2D eigenvalue weighted by Gasteiger charge is -2.22. The fourth-order valence-electron chi connectivity index (χ4n) is 2.47. The van der Waals surface area contributed by atoms with Gasteiger partial charge >= 0.3 is 0 Å². The van der Waals surface area contributed by atoms with Gasteiger partial charge < -0.3 is 5.32 Å². The molecule has 1 amide bonds. The monoisotopic (exact) mass is 322 g/mol. The van der Waals surface area contributed by atoms with Gasteiger partial charge in [-0.1, -0.05) is 49.6 Å². The van der Waals surface area contributed by atoms with Crippen LogP contribution in [-0.4, -0.2) is 26.9 Å². The summed E-state index contributed by atoms with van der Waals surface area (Å²) in [5.41, 5.74) is 0.791. The van der Waals surface area contributed by atoms with Crippen molar-refractivity contribution in [2.24, 2.45) is 0 Å². The molecule has 6 heteroatoms. The second-order valence-corrected chi connectivity index (χ2v) is 7.13. The Bertz CT molecular complexity index is 606. The number of carbonyl (C=O) groups excluding carboxylic acids is 1. The first-order valence-corrected chi connectivity index (χ1v) is 9.12. The lowest BCUT2D eigenvalue weighted by molar-refractivity contribution is -0.120. The highest BCUT2D eigenvalue weighted by Crippen LogP contribution is 2.17. The van der Waals surface area contributed by atoms with E-state index < -0.39 is 10.0 Å². The fraction of sp³-hybridized carbons (Fsp3) is 0.438. The molecule has 0 bridgehead atoms. The van der Waals surface area contributed by atoms with Crippen molar-refractivity contribution in [3.8, 4) is 0 Å². The van der Waals surface area contributed by atoms with Gasteiger partial charge in [0.25, 0.3) is 0 Å². The van der Waals surface area contributed by atoms with Crippen LogP contribution in [-0.2, 0) is 14.8 Å². The van der Waals surface area contributed by atoms with E-state index in [0.29, 0.717) is 0 Å². The van der Waals surface area contributed by atoms with Gasteiger partial charge in [-0.25, -0.2) is 13.1 Å². The van der Waals surface area contributed by atoms with E-state index in [-0.39, 0.29) is 18.5 Å². The van der Waals surface area contributed by atoms with Gasteiger partial charge in [-0.2, -0.15) is 0 Å². The second-order valence-electron chi connectivity index (χ2n) is 5.48. The van der Waals surface area contributed by atoms with E-state index in [0.717, 1.165) is 36.7 Å². The minimum absolute atomic E-state index is 0.186. The third-order valence-electron chi connectivity index (χ3n) is 3.64. The molecule has 2 rings (SSSR count). The molecule has 1 aliphatic carbocycles. The van der Waals surface area contributed by atoms with E-state index in [1.165, 1.54) is 12.5 Å². The summed E-state index contributed by atoms with van der Waals surface area (Å²) in [6.45, 7) is -0.224. The van der Waals surface area contributed by atoms with Crippen LogP contribution in [0.3, 0.4) is 0 Å². The van der Waals surface area contributed by atoms with Gasteiger partial charge in [-0.3, -0.25) is 4.79 Å².